The van der Waals surface area contributed by atoms with Crippen LogP contribution in [-0.4, -0.2) is 27.7 Å². The molecule has 0 radical (unpaired) electrons. The molecule has 0 atom stereocenters. The van der Waals surface area contributed by atoms with Gasteiger partial charge in [0.15, 0.2) is 0 Å². The van der Waals surface area contributed by atoms with Crippen molar-refractivity contribution in [2.24, 2.45) is 0 Å². The maximum absolute atomic E-state index is 11.1. The molecule has 6 heteroatoms. The van der Waals surface area contributed by atoms with Crippen molar-refractivity contribution in [1.82, 2.24) is 0 Å². The molecule has 1 aromatic rings. The first-order valence-corrected chi connectivity index (χ1v) is 7.90. The van der Waals surface area contributed by atoms with Crippen LogP contribution in [0.2, 0.25) is 0 Å². The van der Waals surface area contributed by atoms with E-state index in [1.807, 2.05) is 0 Å². The lowest BCUT2D eigenvalue weighted by Crippen LogP contribution is -2.04. The number of methoxy groups -OCH3 is 1. The molecular weight excluding hydrogens is 276 g/mol. The lowest BCUT2D eigenvalue weighted by molar-refractivity contribution is 0.277. The maximum Gasteiger partial charge on any atom is 0.264 e. The topological polar surface area (TPSA) is 63.6 Å². The number of fused-ring (bicyclic) bond motifs is 1. The molecule has 0 heterocycles. The first-order chi connectivity index (χ1) is 8.40. The summed E-state index contributed by atoms with van der Waals surface area (Å²) in [5.41, 5.74) is 2.01. The van der Waals surface area contributed by atoms with Gasteiger partial charge in [-0.2, -0.15) is 0 Å². The summed E-state index contributed by atoms with van der Waals surface area (Å²) in [6.07, 6.45) is 3.89. The van der Waals surface area contributed by atoms with Crippen LogP contribution in [-0.2, 0) is 26.6 Å². The van der Waals surface area contributed by atoms with E-state index in [2.05, 4.69) is 4.74 Å². The molecule has 102 valence electrons. The smallest absolute Gasteiger partial charge is 0.264 e. The van der Waals surface area contributed by atoms with Crippen LogP contribution in [0.3, 0.4) is 0 Å². The number of phenolic OH excluding ortho intramolecular Hbond substituents is 1. The van der Waals surface area contributed by atoms with E-state index < -0.39 is 9.05 Å². The molecule has 0 saturated carbocycles. The SMILES string of the molecule is COC.O=S(=O)(Cl)c1cc2c(cc1O)CCCC2. The van der Waals surface area contributed by atoms with Crippen LogP contribution in [0.4, 0.5) is 0 Å². The largest absolute Gasteiger partial charge is 0.507 e. The minimum atomic E-state index is -3.84. The second-order valence-corrected chi connectivity index (χ2v) is 6.68. The van der Waals surface area contributed by atoms with Crippen molar-refractivity contribution >= 4 is 19.7 Å². The van der Waals surface area contributed by atoms with Crippen molar-refractivity contribution in [1.29, 1.82) is 0 Å². The molecule has 0 aromatic heterocycles. The number of aromatic hydroxyl groups is 1. The van der Waals surface area contributed by atoms with Crippen molar-refractivity contribution in [3.05, 3.63) is 23.3 Å². The number of halogens is 1. The number of rotatable bonds is 1. The zero-order valence-electron chi connectivity index (χ0n) is 10.4. The minimum Gasteiger partial charge on any atom is -0.507 e. The number of ether oxygens (including phenoxy) is 1. The van der Waals surface area contributed by atoms with Gasteiger partial charge in [-0.3, -0.25) is 0 Å². The van der Waals surface area contributed by atoms with Gasteiger partial charge in [0.1, 0.15) is 10.6 Å². The summed E-state index contributed by atoms with van der Waals surface area (Å²) < 4.78 is 26.5. The Balaban J connectivity index is 0.000000492. The van der Waals surface area contributed by atoms with Crippen molar-refractivity contribution in [3.63, 3.8) is 0 Å². The van der Waals surface area contributed by atoms with Gasteiger partial charge in [-0.25, -0.2) is 8.42 Å². The van der Waals surface area contributed by atoms with Gasteiger partial charge in [-0.05, 0) is 48.9 Å². The molecule has 1 aromatic carbocycles. The summed E-state index contributed by atoms with van der Waals surface area (Å²) in [5, 5.41) is 9.54. The van der Waals surface area contributed by atoms with Crippen LogP contribution in [0, 0.1) is 0 Å². The molecule has 1 aliphatic carbocycles. The standard InChI is InChI=1S/C10H11ClO3S.C2H6O/c11-15(13,14)10-6-8-4-2-1-3-7(8)5-9(10)12;1-3-2/h5-6,12H,1-4H2;1-2H3. The third-order valence-corrected chi connectivity index (χ3v) is 4.04. The van der Waals surface area contributed by atoms with E-state index in [9.17, 15) is 13.5 Å². The summed E-state index contributed by atoms with van der Waals surface area (Å²) in [6.45, 7) is 0. The van der Waals surface area contributed by atoms with Gasteiger partial charge >= 0.3 is 0 Å². The highest BCUT2D eigenvalue weighted by molar-refractivity contribution is 8.13. The van der Waals surface area contributed by atoms with Crippen LogP contribution in [0.1, 0.15) is 24.0 Å². The van der Waals surface area contributed by atoms with Crippen LogP contribution in [0.5, 0.6) is 5.75 Å². The highest BCUT2D eigenvalue weighted by Crippen LogP contribution is 2.32. The third kappa shape index (κ3) is 3.86. The summed E-state index contributed by atoms with van der Waals surface area (Å²) in [7, 11) is 4.62. The van der Waals surface area contributed by atoms with Crippen molar-refractivity contribution < 1.29 is 18.3 Å². The first kappa shape index (κ1) is 15.3. The highest BCUT2D eigenvalue weighted by Gasteiger charge is 2.20. The Morgan fingerprint density at radius 2 is 1.61 bits per heavy atom. The van der Waals surface area contributed by atoms with Crippen LogP contribution in [0.25, 0.3) is 0 Å². The van der Waals surface area contributed by atoms with Crippen molar-refractivity contribution in [3.8, 4) is 5.75 Å². The highest BCUT2D eigenvalue weighted by atomic mass is 35.7. The normalized spacial score (nSPS) is 14.4. The van der Waals surface area contributed by atoms with E-state index >= 15 is 0 Å². The Labute approximate surface area is 112 Å². The van der Waals surface area contributed by atoms with E-state index in [0.29, 0.717) is 0 Å². The molecule has 0 aliphatic heterocycles. The lowest BCUT2D eigenvalue weighted by Gasteiger charge is -2.16. The Hall–Kier alpha value is -0.780. The van der Waals surface area contributed by atoms with Gasteiger partial charge in [-0.15, -0.1) is 0 Å². The fourth-order valence-corrected chi connectivity index (χ4v) is 2.91. The zero-order chi connectivity index (χ0) is 13.8. The van der Waals surface area contributed by atoms with Gasteiger partial charge in [0, 0.05) is 24.9 Å². The lowest BCUT2D eigenvalue weighted by atomic mass is 9.92. The molecule has 0 saturated heterocycles. The Kier molecular flexibility index (Phi) is 5.44. The van der Waals surface area contributed by atoms with Gasteiger partial charge in [0.05, 0.1) is 0 Å². The van der Waals surface area contributed by atoms with Crippen molar-refractivity contribution in [2.45, 2.75) is 30.6 Å². The summed E-state index contributed by atoms with van der Waals surface area (Å²) in [4.78, 5) is -0.176. The molecule has 0 amide bonds. The van der Waals surface area contributed by atoms with Crippen LogP contribution >= 0.6 is 10.7 Å². The number of benzene rings is 1. The number of hydrogen-bond donors (Lipinski definition) is 1. The van der Waals surface area contributed by atoms with Crippen LogP contribution in [0.15, 0.2) is 17.0 Å². The third-order valence-electron chi connectivity index (χ3n) is 2.69. The monoisotopic (exact) mass is 292 g/mol. The summed E-state index contributed by atoms with van der Waals surface area (Å²) in [6, 6.07) is 3.01. The molecule has 2 rings (SSSR count). The zero-order valence-corrected chi connectivity index (χ0v) is 12.0. The molecule has 0 spiro atoms. The molecule has 0 unspecified atom stereocenters. The Bertz CT molecular complexity index is 511. The van der Waals surface area contributed by atoms with Crippen molar-refractivity contribution in [2.75, 3.05) is 14.2 Å². The fourth-order valence-electron chi connectivity index (χ4n) is 1.95. The van der Waals surface area contributed by atoms with E-state index in [1.165, 1.54) is 12.1 Å². The van der Waals surface area contributed by atoms with Gasteiger partial charge in [0.2, 0.25) is 0 Å². The molecule has 1 aliphatic rings. The van der Waals surface area contributed by atoms with E-state index in [4.69, 9.17) is 10.7 Å². The first-order valence-electron chi connectivity index (χ1n) is 5.59. The molecule has 1 N–H and O–H groups in total. The summed E-state index contributed by atoms with van der Waals surface area (Å²) in [5.74, 6) is -0.245. The molecule has 18 heavy (non-hydrogen) atoms. The predicted molar refractivity (Wildman–Crippen MR) is 70.7 cm³/mol. The second kappa shape index (κ2) is 6.41. The number of phenols is 1. The predicted octanol–water partition coefficient (Wildman–Crippen LogP) is 2.46. The quantitative estimate of drug-likeness (QED) is 0.808. The van der Waals surface area contributed by atoms with E-state index in [0.717, 1.165) is 36.8 Å². The molecule has 0 fully saturated rings. The molecule has 4 nitrogen and oxygen atoms in total. The Morgan fingerprint density at radius 3 is 2.06 bits per heavy atom. The fraction of sp³-hybridized carbons (Fsp3) is 0.500. The molecular formula is C12H17ClO4S. The van der Waals surface area contributed by atoms with Crippen LogP contribution < -0.4 is 0 Å². The second-order valence-electron chi connectivity index (χ2n) is 4.14. The minimum absolute atomic E-state index is 0.176. The molecule has 0 bridgehead atoms. The van der Waals surface area contributed by atoms with Gasteiger partial charge < -0.3 is 9.84 Å². The number of hydrogen-bond acceptors (Lipinski definition) is 4. The maximum atomic E-state index is 11.1. The van der Waals surface area contributed by atoms with E-state index in [-0.39, 0.29) is 10.6 Å². The average molecular weight is 293 g/mol. The average Bonchev–Trinajstić information content (AvgIpc) is 2.27. The van der Waals surface area contributed by atoms with E-state index in [1.54, 1.807) is 14.2 Å². The van der Waals surface area contributed by atoms with Gasteiger partial charge in [0.25, 0.3) is 9.05 Å². The van der Waals surface area contributed by atoms with Gasteiger partial charge in [-0.1, -0.05) is 0 Å². The number of aryl methyl sites for hydroxylation is 2. The Morgan fingerprint density at radius 1 is 1.17 bits per heavy atom. The summed E-state index contributed by atoms with van der Waals surface area (Å²) >= 11 is 0.